The fourth-order valence-electron chi connectivity index (χ4n) is 3.79. The maximum atomic E-state index is 12.5. The number of benzene rings is 3. The average Bonchev–Trinajstić information content (AvgIpc) is 3.19. The minimum absolute atomic E-state index is 0.113. The van der Waals surface area contributed by atoms with Crippen molar-refractivity contribution in [2.75, 3.05) is 23.3 Å². The van der Waals surface area contributed by atoms with Crippen LogP contribution in [0.15, 0.2) is 66.7 Å². The van der Waals surface area contributed by atoms with Crippen LogP contribution in [0.4, 0.5) is 21.0 Å². The fraction of sp³-hybridized carbons (Fsp3) is 0.200. The van der Waals surface area contributed by atoms with Gasteiger partial charge in [-0.05, 0) is 54.3 Å². The number of amides is 4. The van der Waals surface area contributed by atoms with E-state index in [2.05, 4.69) is 53.2 Å². The summed E-state index contributed by atoms with van der Waals surface area (Å²) in [5.74, 6) is 0. The largest absolute Gasteiger partial charge is 0.336 e. The Morgan fingerprint density at radius 3 is 2.48 bits per heavy atom. The minimum Gasteiger partial charge on any atom is -0.336 e. The van der Waals surface area contributed by atoms with Gasteiger partial charge in [0, 0.05) is 25.3 Å². The Bertz CT molecular complexity index is 1130. The second-order valence-corrected chi connectivity index (χ2v) is 7.71. The molecule has 0 bridgehead atoms. The average molecular weight is 415 g/mol. The van der Waals surface area contributed by atoms with Gasteiger partial charge in [0.25, 0.3) is 0 Å². The summed E-state index contributed by atoms with van der Waals surface area (Å²) in [6, 6.07) is 21.7. The van der Waals surface area contributed by atoms with Crippen molar-refractivity contribution in [3.63, 3.8) is 0 Å². The number of urea groups is 2. The number of aryl methyl sites for hydroxylation is 1. The molecule has 6 nitrogen and oxygen atoms in total. The fourth-order valence-corrected chi connectivity index (χ4v) is 3.79. The maximum absolute atomic E-state index is 12.5. The van der Waals surface area contributed by atoms with Crippen LogP contribution in [0.2, 0.25) is 0 Å². The van der Waals surface area contributed by atoms with E-state index in [1.165, 1.54) is 5.56 Å². The summed E-state index contributed by atoms with van der Waals surface area (Å²) in [5.41, 5.74) is 6.86. The Labute approximate surface area is 182 Å². The molecule has 0 unspecified atom stereocenters. The van der Waals surface area contributed by atoms with E-state index in [0.717, 1.165) is 27.9 Å². The third-order valence-electron chi connectivity index (χ3n) is 5.43. The molecule has 3 N–H and O–H groups in total. The second kappa shape index (κ2) is 8.92. The Morgan fingerprint density at radius 1 is 1.00 bits per heavy atom. The normalized spacial score (nSPS) is 13.1. The molecule has 0 saturated carbocycles. The summed E-state index contributed by atoms with van der Waals surface area (Å²) < 4.78 is 0. The molecule has 4 rings (SSSR count). The molecule has 1 heterocycles. The molecule has 1 aliphatic rings. The van der Waals surface area contributed by atoms with Gasteiger partial charge in [-0.1, -0.05) is 54.1 Å². The van der Waals surface area contributed by atoms with Crippen LogP contribution < -0.4 is 20.9 Å². The zero-order valence-corrected chi connectivity index (χ0v) is 17.7. The van der Waals surface area contributed by atoms with Gasteiger partial charge in [0.05, 0.1) is 5.69 Å². The number of carbonyl (C=O) groups excluding carboxylic acids is 2. The van der Waals surface area contributed by atoms with Gasteiger partial charge in [-0.3, -0.25) is 4.90 Å². The first kappa shape index (κ1) is 20.5. The van der Waals surface area contributed by atoms with E-state index in [9.17, 15) is 9.59 Å². The van der Waals surface area contributed by atoms with E-state index in [1.54, 1.807) is 4.90 Å². The standard InChI is InChI=1S/C25H26N4O2/c1-17-6-3-8-20(14-17)21-9-4-7-19(15-21)16-27-24(30)28-22-10-5-11-23(18(22)2)29-13-12-26-25(29)31/h3-11,14-15H,12-13,16H2,1-2H3,(H,26,31)(H2,27,28,30). The number of carbonyl (C=O) groups is 2. The van der Waals surface area contributed by atoms with Crippen LogP contribution in [0.1, 0.15) is 16.7 Å². The molecule has 31 heavy (non-hydrogen) atoms. The first-order valence-electron chi connectivity index (χ1n) is 10.4. The van der Waals surface area contributed by atoms with Crippen molar-refractivity contribution in [1.29, 1.82) is 0 Å². The molecule has 4 amide bonds. The summed E-state index contributed by atoms with van der Waals surface area (Å²) >= 11 is 0. The van der Waals surface area contributed by atoms with Crippen LogP contribution in [0, 0.1) is 13.8 Å². The van der Waals surface area contributed by atoms with E-state index in [-0.39, 0.29) is 12.1 Å². The highest BCUT2D eigenvalue weighted by Gasteiger charge is 2.23. The van der Waals surface area contributed by atoms with Gasteiger partial charge >= 0.3 is 12.1 Å². The lowest BCUT2D eigenvalue weighted by Gasteiger charge is -2.19. The first-order valence-corrected chi connectivity index (χ1v) is 10.4. The number of rotatable bonds is 5. The molecular weight excluding hydrogens is 388 g/mol. The summed E-state index contributed by atoms with van der Waals surface area (Å²) in [7, 11) is 0. The molecule has 0 aliphatic carbocycles. The van der Waals surface area contributed by atoms with Crippen LogP contribution in [0.25, 0.3) is 11.1 Å². The van der Waals surface area contributed by atoms with Crippen molar-refractivity contribution >= 4 is 23.4 Å². The molecule has 1 saturated heterocycles. The van der Waals surface area contributed by atoms with Gasteiger partial charge in [-0.25, -0.2) is 9.59 Å². The van der Waals surface area contributed by atoms with Crippen molar-refractivity contribution in [3.05, 3.63) is 83.4 Å². The molecule has 1 aliphatic heterocycles. The molecule has 6 heteroatoms. The molecule has 3 aromatic carbocycles. The molecule has 1 fully saturated rings. The molecule has 0 spiro atoms. The number of nitrogens with one attached hydrogen (secondary N) is 3. The smallest absolute Gasteiger partial charge is 0.322 e. The third kappa shape index (κ3) is 4.69. The monoisotopic (exact) mass is 414 g/mol. The molecule has 158 valence electrons. The van der Waals surface area contributed by atoms with Crippen LogP contribution in [0.5, 0.6) is 0 Å². The van der Waals surface area contributed by atoms with Gasteiger partial charge < -0.3 is 16.0 Å². The molecule has 0 radical (unpaired) electrons. The number of hydrogen-bond donors (Lipinski definition) is 3. The second-order valence-electron chi connectivity index (χ2n) is 7.71. The summed E-state index contributed by atoms with van der Waals surface area (Å²) in [6.45, 7) is 5.64. The highest BCUT2D eigenvalue weighted by Crippen LogP contribution is 2.28. The van der Waals surface area contributed by atoms with Crippen molar-refractivity contribution in [3.8, 4) is 11.1 Å². The highest BCUT2D eigenvalue weighted by atomic mass is 16.2. The summed E-state index contributed by atoms with van der Waals surface area (Å²) in [6.07, 6.45) is 0. The highest BCUT2D eigenvalue weighted by molar-refractivity contribution is 5.97. The van der Waals surface area contributed by atoms with Crippen molar-refractivity contribution in [1.82, 2.24) is 10.6 Å². The Hall–Kier alpha value is -3.80. The molecule has 0 aromatic heterocycles. The Balaban J connectivity index is 1.41. The van der Waals surface area contributed by atoms with E-state index >= 15 is 0 Å². The summed E-state index contributed by atoms with van der Waals surface area (Å²) in [4.78, 5) is 26.2. The lowest BCUT2D eigenvalue weighted by atomic mass is 10.0. The molecule has 3 aromatic rings. The lowest BCUT2D eigenvalue weighted by Crippen LogP contribution is -2.30. The Morgan fingerprint density at radius 2 is 1.74 bits per heavy atom. The van der Waals surface area contributed by atoms with Crippen LogP contribution in [-0.4, -0.2) is 25.2 Å². The predicted octanol–water partition coefficient (Wildman–Crippen LogP) is 4.82. The van der Waals surface area contributed by atoms with Crippen molar-refractivity contribution < 1.29 is 9.59 Å². The molecular formula is C25H26N4O2. The maximum Gasteiger partial charge on any atom is 0.322 e. The first-order chi connectivity index (χ1) is 15.0. The molecule has 0 atom stereocenters. The quantitative estimate of drug-likeness (QED) is 0.560. The van der Waals surface area contributed by atoms with Crippen LogP contribution in [-0.2, 0) is 6.54 Å². The van der Waals surface area contributed by atoms with E-state index < -0.39 is 0 Å². The number of hydrogen-bond acceptors (Lipinski definition) is 2. The predicted molar refractivity (Wildman–Crippen MR) is 124 cm³/mol. The zero-order valence-electron chi connectivity index (χ0n) is 17.7. The SMILES string of the molecule is Cc1cccc(-c2cccc(CNC(=O)Nc3cccc(N4CCNC4=O)c3C)c2)c1. The lowest BCUT2D eigenvalue weighted by molar-refractivity contribution is 0.251. The van der Waals surface area contributed by atoms with Gasteiger partial charge in [-0.2, -0.15) is 0 Å². The van der Waals surface area contributed by atoms with Gasteiger partial charge in [0.15, 0.2) is 0 Å². The van der Waals surface area contributed by atoms with E-state index in [1.807, 2.05) is 43.3 Å². The van der Waals surface area contributed by atoms with Crippen LogP contribution in [0.3, 0.4) is 0 Å². The van der Waals surface area contributed by atoms with E-state index in [4.69, 9.17) is 0 Å². The van der Waals surface area contributed by atoms with Gasteiger partial charge in [0.1, 0.15) is 0 Å². The minimum atomic E-state index is -0.285. The number of nitrogens with zero attached hydrogens (tertiary/aromatic N) is 1. The van der Waals surface area contributed by atoms with Gasteiger partial charge in [0.2, 0.25) is 0 Å². The van der Waals surface area contributed by atoms with Crippen molar-refractivity contribution in [2.45, 2.75) is 20.4 Å². The van der Waals surface area contributed by atoms with Gasteiger partial charge in [-0.15, -0.1) is 0 Å². The number of anilines is 2. The zero-order chi connectivity index (χ0) is 21.8. The third-order valence-corrected chi connectivity index (χ3v) is 5.43. The van der Waals surface area contributed by atoms with E-state index in [0.29, 0.717) is 25.3 Å². The van der Waals surface area contributed by atoms with Crippen molar-refractivity contribution in [2.24, 2.45) is 0 Å². The summed E-state index contributed by atoms with van der Waals surface area (Å²) in [5, 5.41) is 8.62. The Kier molecular flexibility index (Phi) is 5.89. The topological polar surface area (TPSA) is 73.5 Å². The van der Waals surface area contributed by atoms with Crippen LogP contribution >= 0.6 is 0 Å².